The highest BCUT2D eigenvalue weighted by atomic mass is 16.2. The van der Waals surface area contributed by atoms with E-state index in [1.807, 2.05) is 17.0 Å². The molecule has 0 radical (unpaired) electrons. The molecule has 1 fully saturated rings. The Bertz CT molecular complexity index is 476. The zero-order chi connectivity index (χ0) is 12.8. The van der Waals surface area contributed by atoms with Crippen LogP contribution in [0.1, 0.15) is 30.4 Å². The third-order valence-corrected chi connectivity index (χ3v) is 3.13. The Morgan fingerprint density at radius 3 is 2.44 bits per heavy atom. The fourth-order valence-electron chi connectivity index (χ4n) is 2.06. The minimum absolute atomic E-state index is 0.0825. The van der Waals surface area contributed by atoms with Crippen molar-refractivity contribution in [1.29, 1.82) is 5.26 Å². The van der Waals surface area contributed by atoms with Crippen molar-refractivity contribution in [3.8, 4) is 6.07 Å². The second kappa shape index (κ2) is 6.02. The van der Waals surface area contributed by atoms with Crippen molar-refractivity contribution in [2.24, 2.45) is 0 Å². The number of carbonyl (C=O) groups is 1. The second-order valence-electron chi connectivity index (χ2n) is 4.45. The molecule has 1 aromatic rings. The van der Waals surface area contributed by atoms with Crippen LogP contribution in [0.3, 0.4) is 0 Å². The Morgan fingerprint density at radius 2 is 1.83 bits per heavy atom. The number of nitrogens with zero attached hydrogens (tertiary/aromatic N) is 2. The summed E-state index contributed by atoms with van der Waals surface area (Å²) in [7, 11) is 0. The number of likely N-dealkylation sites (tertiary alicyclic amines) is 1. The molecule has 1 amide bonds. The van der Waals surface area contributed by atoms with E-state index in [9.17, 15) is 4.79 Å². The lowest BCUT2D eigenvalue weighted by atomic mass is 10.1. The maximum Gasteiger partial charge on any atom is 0.246 e. The van der Waals surface area contributed by atoms with Gasteiger partial charge in [-0.25, -0.2) is 0 Å². The fourth-order valence-corrected chi connectivity index (χ4v) is 2.06. The minimum atomic E-state index is 0.0825. The summed E-state index contributed by atoms with van der Waals surface area (Å²) >= 11 is 0. The van der Waals surface area contributed by atoms with Crippen LogP contribution in [0.5, 0.6) is 0 Å². The highest BCUT2D eigenvalue weighted by molar-refractivity contribution is 5.91. The van der Waals surface area contributed by atoms with Crippen LogP contribution in [0.15, 0.2) is 30.3 Å². The number of nitriles is 1. The van der Waals surface area contributed by atoms with E-state index < -0.39 is 0 Å². The largest absolute Gasteiger partial charge is 0.339 e. The van der Waals surface area contributed by atoms with E-state index in [2.05, 4.69) is 6.07 Å². The number of carbonyl (C=O) groups excluding carboxylic acids is 1. The SMILES string of the molecule is N#Cc1ccc(/C=C/C(=O)N2CCCCC2)cc1. The summed E-state index contributed by atoms with van der Waals surface area (Å²) in [4.78, 5) is 13.8. The van der Waals surface area contributed by atoms with Gasteiger partial charge in [0.15, 0.2) is 0 Å². The average molecular weight is 240 g/mol. The molecule has 3 nitrogen and oxygen atoms in total. The highest BCUT2D eigenvalue weighted by Crippen LogP contribution is 2.10. The van der Waals surface area contributed by atoms with E-state index in [-0.39, 0.29) is 5.91 Å². The first-order chi connectivity index (χ1) is 8.79. The predicted molar refractivity (Wildman–Crippen MR) is 70.6 cm³/mol. The molecule has 1 aromatic carbocycles. The number of amides is 1. The molecule has 0 unspecified atom stereocenters. The lowest BCUT2D eigenvalue weighted by Gasteiger charge is -2.25. The molecule has 1 saturated heterocycles. The van der Waals surface area contributed by atoms with E-state index in [0.717, 1.165) is 31.5 Å². The summed E-state index contributed by atoms with van der Waals surface area (Å²) in [5.41, 5.74) is 1.58. The molecule has 2 rings (SSSR count). The van der Waals surface area contributed by atoms with Gasteiger partial charge < -0.3 is 4.90 Å². The lowest BCUT2D eigenvalue weighted by molar-refractivity contribution is -0.126. The van der Waals surface area contributed by atoms with Crippen LogP contribution in [-0.2, 0) is 4.79 Å². The molecule has 92 valence electrons. The van der Waals surface area contributed by atoms with Crippen LogP contribution in [0.25, 0.3) is 6.08 Å². The first-order valence-electron chi connectivity index (χ1n) is 6.27. The molecule has 0 aromatic heterocycles. The summed E-state index contributed by atoms with van der Waals surface area (Å²) < 4.78 is 0. The molecule has 0 saturated carbocycles. The summed E-state index contributed by atoms with van der Waals surface area (Å²) in [6, 6.07) is 9.27. The number of hydrogen-bond acceptors (Lipinski definition) is 2. The van der Waals surface area contributed by atoms with E-state index in [4.69, 9.17) is 5.26 Å². The van der Waals surface area contributed by atoms with Gasteiger partial charge in [0.2, 0.25) is 5.91 Å². The van der Waals surface area contributed by atoms with Crippen molar-refractivity contribution < 1.29 is 4.79 Å². The Morgan fingerprint density at radius 1 is 1.17 bits per heavy atom. The van der Waals surface area contributed by atoms with Gasteiger partial charge in [0.05, 0.1) is 11.6 Å². The minimum Gasteiger partial charge on any atom is -0.339 e. The van der Waals surface area contributed by atoms with Gasteiger partial charge in [0.1, 0.15) is 0 Å². The van der Waals surface area contributed by atoms with Crippen molar-refractivity contribution in [2.75, 3.05) is 13.1 Å². The number of hydrogen-bond donors (Lipinski definition) is 0. The zero-order valence-electron chi connectivity index (χ0n) is 10.3. The van der Waals surface area contributed by atoms with Gasteiger partial charge in [-0.05, 0) is 43.0 Å². The van der Waals surface area contributed by atoms with Gasteiger partial charge in [-0.3, -0.25) is 4.79 Å². The number of rotatable bonds is 2. The smallest absolute Gasteiger partial charge is 0.246 e. The number of benzene rings is 1. The van der Waals surface area contributed by atoms with Crippen LogP contribution in [0, 0.1) is 11.3 Å². The van der Waals surface area contributed by atoms with Crippen molar-refractivity contribution in [1.82, 2.24) is 4.90 Å². The van der Waals surface area contributed by atoms with Crippen LogP contribution in [0.4, 0.5) is 0 Å². The Balaban J connectivity index is 1.96. The summed E-state index contributed by atoms with van der Waals surface area (Å²) in [5.74, 6) is 0.0825. The van der Waals surface area contributed by atoms with Crippen LogP contribution in [-0.4, -0.2) is 23.9 Å². The van der Waals surface area contributed by atoms with Crippen LogP contribution >= 0.6 is 0 Å². The molecule has 1 heterocycles. The van der Waals surface area contributed by atoms with Gasteiger partial charge >= 0.3 is 0 Å². The van der Waals surface area contributed by atoms with Crippen molar-refractivity contribution in [3.63, 3.8) is 0 Å². The molecule has 0 atom stereocenters. The third-order valence-electron chi connectivity index (χ3n) is 3.13. The Labute approximate surface area is 107 Å². The summed E-state index contributed by atoms with van der Waals surface area (Å²) in [6.45, 7) is 1.74. The molecule has 3 heteroatoms. The first-order valence-corrected chi connectivity index (χ1v) is 6.27. The van der Waals surface area contributed by atoms with Gasteiger partial charge in [-0.2, -0.15) is 5.26 Å². The maximum atomic E-state index is 11.9. The molecule has 0 bridgehead atoms. The first kappa shape index (κ1) is 12.4. The van der Waals surface area contributed by atoms with Gasteiger partial charge in [0.25, 0.3) is 0 Å². The Hall–Kier alpha value is -2.08. The van der Waals surface area contributed by atoms with E-state index in [0.29, 0.717) is 5.56 Å². The van der Waals surface area contributed by atoms with Gasteiger partial charge in [0, 0.05) is 19.2 Å². The standard InChI is InChI=1S/C15H16N2O/c16-12-14-6-4-13(5-7-14)8-9-15(18)17-10-2-1-3-11-17/h4-9H,1-3,10-11H2/b9-8+. The highest BCUT2D eigenvalue weighted by Gasteiger charge is 2.13. The van der Waals surface area contributed by atoms with Crippen molar-refractivity contribution in [2.45, 2.75) is 19.3 Å². The van der Waals surface area contributed by atoms with E-state index in [1.54, 1.807) is 24.3 Å². The van der Waals surface area contributed by atoms with Crippen LogP contribution < -0.4 is 0 Å². The monoisotopic (exact) mass is 240 g/mol. The molecule has 0 spiro atoms. The van der Waals surface area contributed by atoms with E-state index >= 15 is 0 Å². The van der Waals surface area contributed by atoms with Gasteiger partial charge in [-0.1, -0.05) is 12.1 Å². The second-order valence-corrected chi connectivity index (χ2v) is 4.45. The zero-order valence-corrected chi connectivity index (χ0v) is 10.3. The molecule has 1 aliphatic heterocycles. The molecule has 0 aliphatic carbocycles. The third kappa shape index (κ3) is 3.21. The fraction of sp³-hybridized carbons (Fsp3) is 0.333. The van der Waals surface area contributed by atoms with Gasteiger partial charge in [-0.15, -0.1) is 0 Å². The lowest BCUT2D eigenvalue weighted by Crippen LogP contribution is -2.34. The topological polar surface area (TPSA) is 44.1 Å². The maximum absolute atomic E-state index is 11.9. The molecule has 0 N–H and O–H groups in total. The molecular formula is C15H16N2O. The quantitative estimate of drug-likeness (QED) is 0.746. The molecular weight excluding hydrogens is 224 g/mol. The Kier molecular flexibility index (Phi) is 4.14. The van der Waals surface area contributed by atoms with Crippen molar-refractivity contribution in [3.05, 3.63) is 41.5 Å². The number of piperidine rings is 1. The van der Waals surface area contributed by atoms with Crippen molar-refractivity contribution >= 4 is 12.0 Å². The molecule has 18 heavy (non-hydrogen) atoms. The van der Waals surface area contributed by atoms with Crippen LogP contribution in [0.2, 0.25) is 0 Å². The summed E-state index contributed by atoms with van der Waals surface area (Å²) in [6.07, 6.45) is 6.86. The summed E-state index contributed by atoms with van der Waals surface area (Å²) in [5, 5.41) is 8.69. The average Bonchev–Trinajstić information content (AvgIpc) is 2.46. The predicted octanol–water partition coefficient (Wildman–Crippen LogP) is 2.58. The molecule has 1 aliphatic rings. The normalized spacial score (nSPS) is 15.6. The van der Waals surface area contributed by atoms with E-state index in [1.165, 1.54) is 6.42 Å².